The molecular formula is C36H63O9P. The van der Waals surface area contributed by atoms with Crippen LogP contribution in [0.1, 0.15) is 136 Å². The molecule has 46 heavy (non-hydrogen) atoms. The van der Waals surface area contributed by atoms with Crippen molar-refractivity contribution in [3.63, 3.8) is 0 Å². The molecule has 266 valence electrons. The number of hydrogen-bond donors (Lipinski definition) is 3. The van der Waals surface area contributed by atoms with Crippen molar-refractivity contribution in [2.75, 3.05) is 13.2 Å². The van der Waals surface area contributed by atoms with Crippen LogP contribution in [0.4, 0.5) is 0 Å². The maximum Gasteiger partial charge on any atom is 0.469 e. The van der Waals surface area contributed by atoms with Crippen LogP contribution in [0.3, 0.4) is 0 Å². The summed E-state index contributed by atoms with van der Waals surface area (Å²) in [6.45, 7) is 5.71. The molecule has 0 spiro atoms. The van der Waals surface area contributed by atoms with Gasteiger partial charge in [-0.15, -0.1) is 0 Å². The highest BCUT2D eigenvalue weighted by Crippen LogP contribution is 2.36. The Morgan fingerprint density at radius 1 is 0.717 bits per heavy atom. The lowest BCUT2D eigenvalue weighted by molar-refractivity contribution is -0.161. The van der Waals surface area contributed by atoms with Gasteiger partial charge in [-0.2, -0.15) is 0 Å². The second-order valence-electron chi connectivity index (χ2n) is 11.9. The van der Waals surface area contributed by atoms with Crippen molar-refractivity contribution < 1.29 is 43.0 Å². The smallest absolute Gasteiger partial charge is 0.462 e. The minimum atomic E-state index is -4.77. The Bertz CT molecular complexity index is 922. The lowest BCUT2D eigenvalue weighted by Crippen LogP contribution is -2.29. The van der Waals surface area contributed by atoms with E-state index in [4.69, 9.17) is 19.3 Å². The third kappa shape index (κ3) is 31.9. The van der Waals surface area contributed by atoms with Crippen molar-refractivity contribution in [3.05, 3.63) is 48.6 Å². The molecule has 0 fully saturated rings. The Labute approximate surface area is 278 Å². The number of unbranched alkanes of at least 4 members (excludes halogenated alkanes) is 7. The molecule has 0 aliphatic carbocycles. The first-order valence-electron chi connectivity index (χ1n) is 17.4. The molecular weight excluding hydrogens is 607 g/mol. The van der Waals surface area contributed by atoms with E-state index >= 15 is 0 Å². The van der Waals surface area contributed by atoms with Crippen molar-refractivity contribution in [2.45, 2.75) is 149 Å². The summed E-state index contributed by atoms with van der Waals surface area (Å²) in [6, 6.07) is 0. The summed E-state index contributed by atoms with van der Waals surface area (Å²) in [6.07, 6.45) is 30.5. The number of hydrogen-bond acceptors (Lipinski definition) is 7. The van der Waals surface area contributed by atoms with Crippen LogP contribution in [0.25, 0.3) is 0 Å². The molecule has 0 aliphatic heterocycles. The number of carbonyl (C=O) groups excluding carboxylic acids is 2. The molecule has 0 aliphatic rings. The molecule has 9 nitrogen and oxygen atoms in total. The summed E-state index contributed by atoms with van der Waals surface area (Å²) >= 11 is 0. The topological polar surface area (TPSA) is 140 Å². The molecule has 3 atom stereocenters. The van der Waals surface area contributed by atoms with Crippen LogP contribution in [-0.4, -0.2) is 52.3 Å². The number of phosphoric ester groups is 1. The number of carbonyl (C=O) groups is 2. The Morgan fingerprint density at radius 2 is 1.30 bits per heavy atom. The molecule has 0 saturated heterocycles. The van der Waals surface area contributed by atoms with Crippen LogP contribution in [0.15, 0.2) is 48.6 Å². The number of allylic oxidation sites excluding steroid dienone is 7. The first-order chi connectivity index (χ1) is 22.1. The number of esters is 2. The van der Waals surface area contributed by atoms with Crippen molar-refractivity contribution in [2.24, 2.45) is 5.92 Å². The average Bonchev–Trinajstić information content (AvgIpc) is 3.02. The van der Waals surface area contributed by atoms with Gasteiger partial charge in [0.25, 0.3) is 0 Å². The molecule has 0 rings (SSSR count). The SMILES string of the molecule is CCCC[C@H](O)/C=C\C/C=C\C/C=C\C/C=C\CCCC(=O)OC[C@H](COP(=O)(O)O)OC(=O)CCCCCCCCC(C)CC. The number of aliphatic hydroxyl groups is 1. The van der Waals surface area contributed by atoms with Gasteiger partial charge in [0.05, 0.1) is 12.7 Å². The Hall–Kier alpha value is -2.03. The highest BCUT2D eigenvalue weighted by atomic mass is 31.2. The Kier molecular flexibility index (Phi) is 29.0. The van der Waals surface area contributed by atoms with E-state index in [1.807, 2.05) is 24.3 Å². The van der Waals surface area contributed by atoms with Crippen LogP contribution in [-0.2, 0) is 28.2 Å². The van der Waals surface area contributed by atoms with Gasteiger partial charge in [-0.05, 0) is 50.9 Å². The average molecular weight is 671 g/mol. The van der Waals surface area contributed by atoms with Crippen LogP contribution in [0, 0.1) is 5.92 Å². The van der Waals surface area contributed by atoms with Crippen molar-refractivity contribution in [1.82, 2.24) is 0 Å². The third-order valence-electron chi connectivity index (χ3n) is 7.46. The van der Waals surface area contributed by atoms with Crippen molar-refractivity contribution >= 4 is 19.8 Å². The van der Waals surface area contributed by atoms with Crippen LogP contribution >= 0.6 is 7.82 Å². The number of phosphoric acid groups is 1. The molecule has 1 unspecified atom stereocenters. The van der Waals surface area contributed by atoms with E-state index < -0.39 is 32.5 Å². The zero-order valence-electron chi connectivity index (χ0n) is 28.7. The van der Waals surface area contributed by atoms with Crippen molar-refractivity contribution in [3.8, 4) is 0 Å². The lowest BCUT2D eigenvalue weighted by Gasteiger charge is -2.18. The fourth-order valence-electron chi connectivity index (χ4n) is 4.42. The second kappa shape index (κ2) is 30.3. The van der Waals surface area contributed by atoms with E-state index in [1.54, 1.807) is 0 Å². The molecule has 0 radical (unpaired) electrons. The standard InChI is InChI=1S/C36H63O9P/c1-4-6-26-33(37)27-22-18-13-11-9-7-8-10-12-14-19-23-28-35(38)43-30-34(31-44-46(40,41)42)45-36(39)29-24-20-16-15-17-21-25-32(3)5-2/h7-8,11-14,22,27,32-34,37H,4-6,9-10,15-21,23-26,28-31H2,1-3H3,(H2,40,41,42)/b8-7-,13-11-,14-12-,27-22-/t32?,33-,34+/m0/s1. The summed E-state index contributed by atoms with van der Waals surface area (Å²) in [5.74, 6) is -0.212. The third-order valence-corrected chi connectivity index (χ3v) is 7.95. The predicted molar refractivity (Wildman–Crippen MR) is 185 cm³/mol. The zero-order chi connectivity index (χ0) is 34.3. The molecule has 0 aromatic carbocycles. The van der Waals surface area contributed by atoms with Gasteiger partial charge < -0.3 is 24.4 Å². The highest BCUT2D eigenvalue weighted by Gasteiger charge is 2.22. The summed E-state index contributed by atoms with van der Waals surface area (Å²) in [5, 5.41) is 9.76. The van der Waals surface area contributed by atoms with Crippen molar-refractivity contribution in [1.29, 1.82) is 0 Å². The maximum atomic E-state index is 12.3. The fraction of sp³-hybridized carbons (Fsp3) is 0.722. The molecule has 0 heterocycles. The highest BCUT2D eigenvalue weighted by molar-refractivity contribution is 7.46. The van der Waals surface area contributed by atoms with E-state index in [1.165, 1.54) is 25.7 Å². The number of aliphatic hydroxyl groups excluding tert-OH is 1. The van der Waals surface area contributed by atoms with E-state index in [-0.39, 0.29) is 25.6 Å². The van der Waals surface area contributed by atoms with Crippen LogP contribution in [0.2, 0.25) is 0 Å². The predicted octanol–water partition coefficient (Wildman–Crippen LogP) is 8.83. The van der Waals surface area contributed by atoms with Gasteiger partial charge in [0.1, 0.15) is 6.61 Å². The summed E-state index contributed by atoms with van der Waals surface area (Å²) in [4.78, 5) is 42.5. The molecule has 0 amide bonds. The minimum absolute atomic E-state index is 0.173. The fourth-order valence-corrected chi connectivity index (χ4v) is 4.78. The van der Waals surface area contributed by atoms with Crippen LogP contribution in [0.5, 0.6) is 0 Å². The van der Waals surface area contributed by atoms with E-state index in [0.29, 0.717) is 19.3 Å². The molecule has 0 aromatic rings. The van der Waals surface area contributed by atoms with E-state index in [2.05, 4.69) is 49.6 Å². The van der Waals surface area contributed by atoms with Gasteiger partial charge in [-0.25, -0.2) is 4.57 Å². The molecule has 3 N–H and O–H groups in total. The Balaban J connectivity index is 4.15. The molecule has 0 aromatic heterocycles. The van der Waals surface area contributed by atoms with Gasteiger partial charge in [-0.3, -0.25) is 14.1 Å². The first kappa shape index (κ1) is 44.0. The zero-order valence-corrected chi connectivity index (χ0v) is 29.6. The van der Waals surface area contributed by atoms with Gasteiger partial charge in [0, 0.05) is 12.8 Å². The summed E-state index contributed by atoms with van der Waals surface area (Å²) < 4.78 is 26.1. The van der Waals surface area contributed by atoms with E-state index in [9.17, 15) is 19.3 Å². The van der Waals surface area contributed by atoms with Gasteiger partial charge in [0.2, 0.25) is 0 Å². The minimum Gasteiger partial charge on any atom is -0.462 e. The largest absolute Gasteiger partial charge is 0.469 e. The first-order valence-corrected chi connectivity index (χ1v) is 18.9. The lowest BCUT2D eigenvalue weighted by atomic mass is 10.00. The van der Waals surface area contributed by atoms with Gasteiger partial charge >= 0.3 is 19.8 Å². The monoisotopic (exact) mass is 670 g/mol. The normalized spacial score (nSPS) is 14.5. The molecule has 0 saturated carbocycles. The molecule has 10 heteroatoms. The van der Waals surface area contributed by atoms with Gasteiger partial charge in [0.15, 0.2) is 6.10 Å². The summed E-state index contributed by atoms with van der Waals surface area (Å²) in [7, 11) is -4.77. The van der Waals surface area contributed by atoms with Gasteiger partial charge in [-0.1, -0.05) is 127 Å². The molecule has 0 bridgehead atoms. The number of rotatable bonds is 30. The second-order valence-corrected chi connectivity index (χ2v) is 13.1. The van der Waals surface area contributed by atoms with E-state index in [0.717, 1.165) is 63.7 Å². The number of ether oxygens (including phenoxy) is 2. The maximum absolute atomic E-state index is 12.3. The summed E-state index contributed by atoms with van der Waals surface area (Å²) in [5.41, 5.74) is 0. The van der Waals surface area contributed by atoms with Crippen LogP contribution < -0.4 is 0 Å². The Morgan fingerprint density at radius 3 is 1.93 bits per heavy atom. The quantitative estimate of drug-likeness (QED) is 0.0296.